The lowest BCUT2D eigenvalue weighted by Gasteiger charge is -2.31. The first kappa shape index (κ1) is 21.1. The van der Waals surface area contributed by atoms with E-state index in [2.05, 4.69) is 5.32 Å². The highest BCUT2D eigenvalue weighted by atomic mass is 19.1. The van der Waals surface area contributed by atoms with E-state index in [0.717, 1.165) is 25.7 Å². The zero-order valence-electron chi connectivity index (χ0n) is 17.5. The van der Waals surface area contributed by atoms with Crippen molar-refractivity contribution >= 4 is 23.6 Å². The van der Waals surface area contributed by atoms with Gasteiger partial charge in [0.1, 0.15) is 12.4 Å². The Morgan fingerprint density at radius 3 is 2.48 bits per heavy atom. The van der Waals surface area contributed by atoms with Crippen LogP contribution >= 0.6 is 0 Å². The summed E-state index contributed by atoms with van der Waals surface area (Å²) in [6, 6.07) is 13.4. The molecule has 0 bridgehead atoms. The number of fused-ring (bicyclic) bond motifs is 1. The van der Waals surface area contributed by atoms with E-state index in [0.29, 0.717) is 11.4 Å². The molecule has 6 heteroatoms. The van der Waals surface area contributed by atoms with E-state index < -0.39 is 11.7 Å². The number of hydrogen-bond acceptors (Lipinski definition) is 3. The molecule has 162 valence electrons. The van der Waals surface area contributed by atoms with Crippen molar-refractivity contribution < 1.29 is 18.7 Å². The number of amides is 2. The Bertz CT molecular complexity index is 980. The van der Waals surface area contributed by atoms with Crippen LogP contribution in [0.5, 0.6) is 5.75 Å². The third-order valence-corrected chi connectivity index (χ3v) is 5.80. The smallest absolute Gasteiger partial charge is 0.294 e. The van der Waals surface area contributed by atoms with Crippen molar-refractivity contribution in [1.29, 1.82) is 0 Å². The number of hydrogen-bond donors (Lipinski definition) is 1. The van der Waals surface area contributed by atoms with Crippen LogP contribution < -0.4 is 15.0 Å². The Balaban J connectivity index is 1.54. The van der Waals surface area contributed by atoms with Gasteiger partial charge in [0.15, 0.2) is 11.5 Å². The minimum absolute atomic E-state index is 0.0115. The number of rotatable bonds is 4. The van der Waals surface area contributed by atoms with Gasteiger partial charge in [-0.25, -0.2) is 4.39 Å². The SMILES string of the molecule is O=C(CN1C(=O)C(=Cc2ccccc2F)Oc2ccccc21)NC1CCCCCCC1. The minimum Gasteiger partial charge on any atom is -0.449 e. The molecule has 2 amide bonds. The molecule has 31 heavy (non-hydrogen) atoms. The summed E-state index contributed by atoms with van der Waals surface area (Å²) < 4.78 is 19.9. The van der Waals surface area contributed by atoms with Gasteiger partial charge < -0.3 is 10.1 Å². The number of benzene rings is 2. The van der Waals surface area contributed by atoms with Gasteiger partial charge in [-0.3, -0.25) is 14.5 Å². The highest BCUT2D eigenvalue weighted by Gasteiger charge is 2.32. The van der Waals surface area contributed by atoms with Crippen molar-refractivity contribution in [3.8, 4) is 5.75 Å². The van der Waals surface area contributed by atoms with Crippen LogP contribution in [0.25, 0.3) is 6.08 Å². The van der Waals surface area contributed by atoms with E-state index in [1.807, 2.05) is 0 Å². The van der Waals surface area contributed by atoms with Crippen LogP contribution in [-0.4, -0.2) is 24.4 Å². The van der Waals surface area contributed by atoms with Crippen LogP contribution in [0.15, 0.2) is 54.3 Å². The van der Waals surface area contributed by atoms with Crippen LogP contribution in [0.2, 0.25) is 0 Å². The molecule has 2 aromatic rings. The van der Waals surface area contributed by atoms with Crippen molar-refractivity contribution in [2.45, 2.75) is 51.0 Å². The van der Waals surface area contributed by atoms with Crippen LogP contribution in [0.1, 0.15) is 50.5 Å². The number of ether oxygens (including phenoxy) is 1. The number of nitrogens with zero attached hydrogens (tertiary/aromatic N) is 1. The maximum absolute atomic E-state index is 14.1. The van der Waals surface area contributed by atoms with Crippen LogP contribution in [0, 0.1) is 5.82 Å². The summed E-state index contributed by atoms with van der Waals surface area (Å²) in [4.78, 5) is 27.4. The molecule has 1 N–H and O–H groups in total. The summed E-state index contributed by atoms with van der Waals surface area (Å²) in [7, 11) is 0. The van der Waals surface area contributed by atoms with Gasteiger partial charge in [0.05, 0.1) is 5.69 Å². The topological polar surface area (TPSA) is 58.6 Å². The molecule has 0 spiro atoms. The average Bonchev–Trinajstić information content (AvgIpc) is 2.74. The Hall–Kier alpha value is -3.15. The van der Waals surface area contributed by atoms with E-state index in [1.54, 1.807) is 42.5 Å². The quantitative estimate of drug-likeness (QED) is 0.719. The fourth-order valence-electron chi connectivity index (χ4n) is 4.17. The average molecular weight is 423 g/mol. The second-order valence-corrected chi connectivity index (χ2v) is 8.10. The van der Waals surface area contributed by atoms with Gasteiger partial charge >= 0.3 is 0 Å². The van der Waals surface area contributed by atoms with Crippen molar-refractivity contribution in [2.24, 2.45) is 0 Å². The normalized spacial score (nSPS) is 18.7. The molecule has 1 aliphatic carbocycles. The third kappa shape index (κ3) is 5.13. The molecule has 0 unspecified atom stereocenters. The van der Waals surface area contributed by atoms with Gasteiger partial charge in [-0.2, -0.15) is 0 Å². The molecule has 0 radical (unpaired) electrons. The maximum atomic E-state index is 14.1. The van der Waals surface area contributed by atoms with Crippen molar-refractivity contribution in [2.75, 3.05) is 11.4 Å². The standard InChI is InChI=1S/C25H27FN2O3/c26-20-13-7-6-10-18(20)16-23-25(30)28(21-14-8-9-15-22(21)31-23)17-24(29)27-19-11-4-2-1-3-5-12-19/h6-10,13-16,19H,1-5,11-12,17H2,(H,27,29). The molecule has 0 aromatic heterocycles. The lowest BCUT2D eigenvalue weighted by Crippen LogP contribution is -2.46. The van der Waals surface area contributed by atoms with Crippen molar-refractivity contribution in [1.82, 2.24) is 5.32 Å². The fourth-order valence-corrected chi connectivity index (χ4v) is 4.17. The molecular formula is C25H27FN2O3. The number of para-hydroxylation sites is 2. The Morgan fingerprint density at radius 1 is 1.03 bits per heavy atom. The summed E-state index contributed by atoms with van der Waals surface area (Å²) in [6.45, 7) is -0.107. The molecule has 2 aromatic carbocycles. The van der Waals surface area contributed by atoms with Crippen LogP contribution in [0.4, 0.5) is 10.1 Å². The summed E-state index contributed by atoms with van der Waals surface area (Å²) in [5.74, 6) is -0.652. The number of anilines is 1. The number of nitrogens with one attached hydrogen (secondary N) is 1. The molecule has 1 saturated carbocycles. The molecule has 2 aliphatic rings. The summed E-state index contributed by atoms with van der Waals surface area (Å²) in [5, 5.41) is 3.11. The first-order chi connectivity index (χ1) is 15.1. The minimum atomic E-state index is -0.463. The van der Waals surface area contributed by atoms with Gasteiger partial charge in [0.2, 0.25) is 5.91 Å². The highest BCUT2D eigenvalue weighted by Crippen LogP contribution is 2.35. The predicted octanol–water partition coefficient (Wildman–Crippen LogP) is 4.82. The lowest BCUT2D eigenvalue weighted by atomic mass is 9.97. The van der Waals surface area contributed by atoms with E-state index in [1.165, 1.54) is 36.3 Å². The largest absolute Gasteiger partial charge is 0.449 e. The van der Waals surface area contributed by atoms with Gasteiger partial charge in [-0.05, 0) is 37.1 Å². The molecule has 1 heterocycles. The highest BCUT2D eigenvalue weighted by molar-refractivity contribution is 6.12. The predicted molar refractivity (Wildman–Crippen MR) is 118 cm³/mol. The fraction of sp³-hybridized carbons (Fsp3) is 0.360. The van der Waals surface area contributed by atoms with Gasteiger partial charge in [-0.1, -0.05) is 62.4 Å². The number of carbonyl (C=O) groups excluding carboxylic acids is 2. The number of carbonyl (C=O) groups is 2. The van der Waals surface area contributed by atoms with E-state index >= 15 is 0 Å². The van der Waals surface area contributed by atoms with Crippen LogP contribution in [-0.2, 0) is 9.59 Å². The van der Waals surface area contributed by atoms with E-state index in [4.69, 9.17) is 4.74 Å². The second kappa shape index (κ2) is 9.77. The van der Waals surface area contributed by atoms with Crippen molar-refractivity contribution in [3.63, 3.8) is 0 Å². The molecule has 1 fully saturated rings. The zero-order chi connectivity index (χ0) is 21.6. The monoisotopic (exact) mass is 422 g/mol. The molecule has 0 saturated heterocycles. The molecule has 5 nitrogen and oxygen atoms in total. The van der Waals surface area contributed by atoms with Gasteiger partial charge in [0, 0.05) is 11.6 Å². The Morgan fingerprint density at radius 2 is 1.71 bits per heavy atom. The van der Waals surface area contributed by atoms with E-state index in [-0.39, 0.29) is 29.8 Å². The summed E-state index contributed by atoms with van der Waals surface area (Å²) in [6.07, 6.45) is 9.21. The van der Waals surface area contributed by atoms with Crippen LogP contribution in [0.3, 0.4) is 0 Å². The molecular weight excluding hydrogens is 395 g/mol. The van der Waals surface area contributed by atoms with Crippen molar-refractivity contribution in [3.05, 3.63) is 65.7 Å². The first-order valence-electron chi connectivity index (χ1n) is 11.0. The second-order valence-electron chi connectivity index (χ2n) is 8.10. The third-order valence-electron chi connectivity index (χ3n) is 5.80. The summed E-state index contributed by atoms with van der Waals surface area (Å²) >= 11 is 0. The number of halogens is 1. The van der Waals surface area contributed by atoms with E-state index in [9.17, 15) is 14.0 Å². The maximum Gasteiger partial charge on any atom is 0.294 e. The first-order valence-corrected chi connectivity index (χ1v) is 11.0. The summed E-state index contributed by atoms with van der Waals surface area (Å²) in [5.41, 5.74) is 0.787. The van der Waals surface area contributed by atoms with Gasteiger partial charge in [-0.15, -0.1) is 0 Å². The molecule has 1 aliphatic heterocycles. The lowest BCUT2D eigenvalue weighted by molar-refractivity contribution is -0.124. The Kier molecular flexibility index (Phi) is 6.65. The Labute approximate surface area is 181 Å². The van der Waals surface area contributed by atoms with Gasteiger partial charge in [0.25, 0.3) is 5.91 Å². The zero-order valence-corrected chi connectivity index (χ0v) is 17.5. The molecule has 0 atom stereocenters. The molecule has 4 rings (SSSR count).